The zero-order chi connectivity index (χ0) is 14.7. The van der Waals surface area contributed by atoms with Crippen molar-refractivity contribution in [2.45, 2.75) is 32.4 Å². The molecule has 0 bridgehead atoms. The molecule has 0 aliphatic carbocycles. The summed E-state index contributed by atoms with van der Waals surface area (Å²) >= 11 is 0. The van der Waals surface area contributed by atoms with E-state index in [-0.39, 0.29) is 12.6 Å². The lowest BCUT2D eigenvalue weighted by Crippen LogP contribution is -2.38. The minimum absolute atomic E-state index is 0.260. The molecule has 1 fully saturated rings. The summed E-state index contributed by atoms with van der Waals surface area (Å²) in [6.45, 7) is 8.89. The van der Waals surface area contributed by atoms with Gasteiger partial charge in [-0.3, -0.25) is 9.80 Å². The summed E-state index contributed by atoms with van der Waals surface area (Å²) in [5.74, 6) is 0. The van der Waals surface area contributed by atoms with Gasteiger partial charge in [0.2, 0.25) is 0 Å². The van der Waals surface area contributed by atoms with E-state index in [1.807, 2.05) is 0 Å². The molecule has 1 aromatic carbocycles. The smallest absolute Gasteiger partial charge is 0.0584 e. The third-order valence-corrected chi connectivity index (χ3v) is 4.84. The molecule has 1 unspecified atom stereocenters. The van der Waals surface area contributed by atoms with Gasteiger partial charge in [0.05, 0.1) is 6.61 Å². The van der Waals surface area contributed by atoms with Crippen molar-refractivity contribution in [1.29, 1.82) is 0 Å². The van der Waals surface area contributed by atoms with Gasteiger partial charge < -0.3 is 10.4 Å². The Morgan fingerprint density at radius 2 is 2.14 bits per heavy atom. The lowest BCUT2D eigenvalue weighted by Gasteiger charge is -2.26. The monoisotopic (exact) mass is 289 g/mol. The van der Waals surface area contributed by atoms with Crippen LogP contribution >= 0.6 is 0 Å². The standard InChI is InChI=1S/C17H27N3O/c1-14(13-21)20-9-3-8-19(10-11-20)12-16-5-2-4-15-6-7-18-17(15)16/h2,4-5,14,18,21H,3,6-13H2,1H3. The highest BCUT2D eigenvalue weighted by molar-refractivity contribution is 5.61. The number of fused-ring (bicyclic) bond motifs is 1. The van der Waals surface area contributed by atoms with Gasteiger partial charge in [0.25, 0.3) is 0 Å². The molecule has 21 heavy (non-hydrogen) atoms. The summed E-state index contributed by atoms with van der Waals surface area (Å²) in [5, 5.41) is 12.9. The number of nitrogens with zero attached hydrogens (tertiary/aromatic N) is 2. The Bertz CT molecular complexity index is 477. The second-order valence-corrected chi connectivity index (χ2v) is 6.33. The summed E-state index contributed by atoms with van der Waals surface area (Å²) in [4.78, 5) is 4.97. The van der Waals surface area contributed by atoms with Crippen LogP contribution < -0.4 is 5.32 Å². The second kappa shape index (κ2) is 6.77. The first kappa shape index (κ1) is 14.8. The van der Waals surface area contributed by atoms with E-state index in [0.717, 1.165) is 45.7 Å². The molecule has 0 aromatic heterocycles. The molecular weight excluding hydrogens is 262 g/mol. The Labute approximate surface area is 127 Å². The first-order chi connectivity index (χ1) is 10.3. The molecule has 2 aliphatic heterocycles. The van der Waals surface area contributed by atoms with Crippen molar-refractivity contribution >= 4 is 5.69 Å². The molecule has 1 aromatic rings. The maximum Gasteiger partial charge on any atom is 0.0584 e. The molecule has 4 nitrogen and oxygen atoms in total. The van der Waals surface area contributed by atoms with Gasteiger partial charge in [0, 0.05) is 37.9 Å². The fourth-order valence-corrected chi connectivity index (χ4v) is 3.49. The van der Waals surface area contributed by atoms with Crippen molar-refractivity contribution in [3.8, 4) is 0 Å². The third-order valence-electron chi connectivity index (χ3n) is 4.84. The number of nitrogens with one attached hydrogen (secondary N) is 1. The predicted octanol–water partition coefficient (Wildman–Crippen LogP) is 1.54. The van der Waals surface area contributed by atoms with Gasteiger partial charge in [0.15, 0.2) is 0 Å². The van der Waals surface area contributed by atoms with Gasteiger partial charge in [0.1, 0.15) is 0 Å². The molecule has 116 valence electrons. The van der Waals surface area contributed by atoms with Crippen LogP contribution in [0.4, 0.5) is 5.69 Å². The van der Waals surface area contributed by atoms with Crippen LogP contribution in [0.1, 0.15) is 24.5 Å². The first-order valence-electron chi connectivity index (χ1n) is 8.20. The highest BCUT2D eigenvalue weighted by atomic mass is 16.3. The molecule has 0 spiro atoms. The number of benzene rings is 1. The summed E-state index contributed by atoms with van der Waals surface area (Å²) in [6, 6.07) is 6.98. The highest BCUT2D eigenvalue weighted by Crippen LogP contribution is 2.27. The first-order valence-corrected chi connectivity index (χ1v) is 8.20. The molecule has 2 heterocycles. The van der Waals surface area contributed by atoms with Crippen LogP contribution in [0, 0.1) is 0 Å². The quantitative estimate of drug-likeness (QED) is 0.882. The van der Waals surface area contributed by atoms with Crippen molar-refractivity contribution in [3.63, 3.8) is 0 Å². The van der Waals surface area contributed by atoms with Crippen LogP contribution in [0.5, 0.6) is 0 Å². The zero-order valence-electron chi connectivity index (χ0n) is 13.0. The van der Waals surface area contributed by atoms with Gasteiger partial charge in [-0.1, -0.05) is 18.2 Å². The van der Waals surface area contributed by atoms with Crippen molar-refractivity contribution < 1.29 is 5.11 Å². The van der Waals surface area contributed by atoms with Crippen LogP contribution in [0.15, 0.2) is 18.2 Å². The molecule has 0 saturated carbocycles. The Balaban J connectivity index is 1.62. The van der Waals surface area contributed by atoms with Gasteiger partial charge in [-0.15, -0.1) is 0 Å². The van der Waals surface area contributed by atoms with Gasteiger partial charge in [-0.2, -0.15) is 0 Å². The van der Waals surface area contributed by atoms with E-state index in [4.69, 9.17) is 0 Å². The largest absolute Gasteiger partial charge is 0.395 e. The number of aliphatic hydroxyl groups is 1. The fourth-order valence-electron chi connectivity index (χ4n) is 3.49. The fraction of sp³-hybridized carbons (Fsp3) is 0.647. The topological polar surface area (TPSA) is 38.7 Å². The summed E-state index contributed by atoms with van der Waals surface area (Å²) < 4.78 is 0. The molecule has 2 N–H and O–H groups in total. The maximum absolute atomic E-state index is 9.32. The molecule has 0 amide bonds. The van der Waals surface area contributed by atoms with E-state index in [0.29, 0.717) is 0 Å². The highest BCUT2D eigenvalue weighted by Gasteiger charge is 2.20. The molecule has 1 saturated heterocycles. The Kier molecular flexibility index (Phi) is 4.78. The Morgan fingerprint density at radius 3 is 3.00 bits per heavy atom. The average molecular weight is 289 g/mol. The van der Waals surface area contributed by atoms with E-state index < -0.39 is 0 Å². The predicted molar refractivity (Wildman–Crippen MR) is 86.7 cm³/mol. The van der Waals surface area contributed by atoms with Crippen LogP contribution in [0.2, 0.25) is 0 Å². The number of para-hydroxylation sites is 1. The van der Waals surface area contributed by atoms with Gasteiger partial charge in [-0.05, 0) is 44.0 Å². The molecule has 4 heteroatoms. The number of anilines is 1. The molecule has 3 rings (SSSR count). The Hall–Kier alpha value is -1.10. The van der Waals surface area contributed by atoms with Gasteiger partial charge >= 0.3 is 0 Å². The Morgan fingerprint density at radius 1 is 1.24 bits per heavy atom. The third kappa shape index (κ3) is 3.39. The van der Waals surface area contributed by atoms with Crippen molar-refractivity contribution in [3.05, 3.63) is 29.3 Å². The molecular formula is C17H27N3O. The normalized spacial score (nSPS) is 21.6. The van der Waals surface area contributed by atoms with Crippen LogP contribution in [-0.4, -0.2) is 60.3 Å². The van der Waals surface area contributed by atoms with Crippen LogP contribution in [0.3, 0.4) is 0 Å². The summed E-state index contributed by atoms with van der Waals surface area (Å²) in [7, 11) is 0. The SMILES string of the molecule is CC(CO)N1CCCN(Cc2cccc3c2NCC3)CC1. The number of rotatable bonds is 4. The summed E-state index contributed by atoms with van der Waals surface area (Å²) in [6.07, 6.45) is 2.34. The number of aliphatic hydroxyl groups excluding tert-OH is 1. The van der Waals surface area contributed by atoms with E-state index in [1.165, 1.54) is 23.2 Å². The van der Waals surface area contributed by atoms with Gasteiger partial charge in [-0.25, -0.2) is 0 Å². The maximum atomic E-state index is 9.32. The van der Waals surface area contributed by atoms with Crippen molar-refractivity contribution in [2.24, 2.45) is 0 Å². The minimum atomic E-state index is 0.260. The van der Waals surface area contributed by atoms with Crippen LogP contribution in [0.25, 0.3) is 0 Å². The number of hydrogen-bond acceptors (Lipinski definition) is 4. The van der Waals surface area contributed by atoms with E-state index >= 15 is 0 Å². The van der Waals surface area contributed by atoms with Crippen molar-refractivity contribution in [2.75, 3.05) is 44.6 Å². The van der Waals surface area contributed by atoms with E-state index in [2.05, 4.69) is 40.2 Å². The molecule has 2 aliphatic rings. The second-order valence-electron chi connectivity index (χ2n) is 6.33. The van der Waals surface area contributed by atoms with Crippen LogP contribution in [-0.2, 0) is 13.0 Å². The average Bonchev–Trinajstić information content (AvgIpc) is 2.87. The zero-order valence-corrected chi connectivity index (χ0v) is 13.0. The van der Waals surface area contributed by atoms with E-state index in [1.54, 1.807) is 0 Å². The number of hydrogen-bond donors (Lipinski definition) is 2. The van der Waals surface area contributed by atoms with Crippen molar-refractivity contribution in [1.82, 2.24) is 9.80 Å². The lowest BCUT2D eigenvalue weighted by molar-refractivity contribution is 0.136. The molecule has 1 atom stereocenters. The lowest BCUT2D eigenvalue weighted by atomic mass is 10.1. The summed E-state index contributed by atoms with van der Waals surface area (Å²) in [5.41, 5.74) is 4.29. The molecule has 0 radical (unpaired) electrons. The minimum Gasteiger partial charge on any atom is -0.395 e. The van der Waals surface area contributed by atoms with E-state index in [9.17, 15) is 5.11 Å².